The highest BCUT2D eigenvalue weighted by Gasteiger charge is 2.12. The normalized spacial score (nSPS) is 14.1. The second-order valence-corrected chi connectivity index (χ2v) is 7.78. The Morgan fingerprint density at radius 1 is 1.26 bits per heavy atom. The van der Waals surface area contributed by atoms with Crippen LogP contribution in [-0.2, 0) is 13.1 Å². The monoisotopic (exact) mass is 282 g/mol. The summed E-state index contributed by atoms with van der Waals surface area (Å²) in [6, 6.07) is 5.21. The lowest BCUT2D eigenvalue weighted by Gasteiger charge is -2.23. The fraction of sp³-hybridized carbons (Fsp3) is 0.750. The van der Waals surface area contributed by atoms with Crippen LogP contribution < -0.4 is 5.32 Å². The minimum atomic E-state index is 0.191. The van der Waals surface area contributed by atoms with Gasteiger partial charge in [0.2, 0.25) is 0 Å². The molecule has 0 bridgehead atoms. The van der Waals surface area contributed by atoms with Crippen LogP contribution in [0, 0.1) is 0 Å². The molecule has 1 heterocycles. The molecule has 1 aromatic rings. The van der Waals surface area contributed by atoms with Crippen molar-refractivity contribution in [3.8, 4) is 0 Å². The first-order chi connectivity index (χ1) is 8.81. The van der Waals surface area contributed by atoms with Gasteiger partial charge in [0.1, 0.15) is 0 Å². The maximum absolute atomic E-state index is 3.54. The molecule has 1 aromatic heterocycles. The molecule has 0 aliphatic carbocycles. The van der Waals surface area contributed by atoms with E-state index in [1.165, 1.54) is 22.6 Å². The van der Waals surface area contributed by atoms with Crippen molar-refractivity contribution in [2.24, 2.45) is 0 Å². The molecule has 0 spiro atoms. The molecule has 1 unspecified atom stereocenters. The van der Waals surface area contributed by atoms with Crippen molar-refractivity contribution >= 4 is 11.3 Å². The van der Waals surface area contributed by atoms with Crippen molar-refractivity contribution in [2.45, 2.75) is 72.1 Å². The van der Waals surface area contributed by atoms with Gasteiger partial charge in [0.15, 0.2) is 0 Å². The zero-order valence-corrected chi connectivity index (χ0v) is 14.2. The molecule has 0 aliphatic heterocycles. The first-order valence-corrected chi connectivity index (χ1v) is 8.16. The number of hydrogen-bond acceptors (Lipinski definition) is 3. The quantitative estimate of drug-likeness (QED) is 0.804. The van der Waals surface area contributed by atoms with Crippen LogP contribution in [0.5, 0.6) is 0 Å². The van der Waals surface area contributed by atoms with Gasteiger partial charge in [0.25, 0.3) is 0 Å². The Balaban J connectivity index is 2.46. The highest BCUT2D eigenvalue weighted by atomic mass is 32.1. The van der Waals surface area contributed by atoms with Crippen molar-refractivity contribution in [1.29, 1.82) is 0 Å². The topological polar surface area (TPSA) is 15.3 Å². The minimum Gasteiger partial charge on any atom is -0.307 e. The Morgan fingerprint density at radius 2 is 1.89 bits per heavy atom. The fourth-order valence-corrected chi connectivity index (χ4v) is 3.02. The summed E-state index contributed by atoms with van der Waals surface area (Å²) in [5.74, 6) is 0. The standard InChI is InChI=1S/C16H30N2S/c1-7-8-13(2)18(6)12-15-10-9-14(19-15)11-17-16(3,4)5/h9-10,13,17H,7-8,11-12H2,1-6H3. The van der Waals surface area contributed by atoms with E-state index in [0.717, 1.165) is 13.1 Å². The second kappa shape index (κ2) is 7.41. The molecule has 0 radical (unpaired) electrons. The maximum atomic E-state index is 3.54. The van der Waals surface area contributed by atoms with Gasteiger partial charge in [-0.1, -0.05) is 13.3 Å². The van der Waals surface area contributed by atoms with Crippen LogP contribution >= 0.6 is 11.3 Å². The molecule has 0 aliphatic rings. The molecule has 0 saturated carbocycles. The van der Waals surface area contributed by atoms with E-state index >= 15 is 0 Å². The smallest absolute Gasteiger partial charge is 0.0327 e. The van der Waals surface area contributed by atoms with Gasteiger partial charge in [-0.05, 0) is 53.3 Å². The third kappa shape index (κ3) is 6.55. The van der Waals surface area contributed by atoms with E-state index in [1.807, 2.05) is 11.3 Å². The lowest BCUT2D eigenvalue weighted by molar-refractivity contribution is 0.239. The van der Waals surface area contributed by atoms with Crippen LogP contribution in [0.15, 0.2) is 12.1 Å². The van der Waals surface area contributed by atoms with E-state index < -0.39 is 0 Å². The third-order valence-corrected chi connectivity index (χ3v) is 4.44. The first kappa shape index (κ1) is 16.7. The predicted molar refractivity (Wildman–Crippen MR) is 86.7 cm³/mol. The number of nitrogens with one attached hydrogen (secondary N) is 1. The minimum absolute atomic E-state index is 0.191. The molecule has 1 rings (SSSR count). The number of rotatable bonds is 7. The van der Waals surface area contributed by atoms with Crippen molar-refractivity contribution in [2.75, 3.05) is 7.05 Å². The number of thiophene rings is 1. The molecule has 0 amide bonds. The van der Waals surface area contributed by atoms with Crippen LogP contribution in [0.4, 0.5) is 0 Å². The van der Waals surface area contributed by atoms with Crippen LogP contribution in [0.3, 0.4) is 0 Å². The van der Waals surface area contributed by atoms with Gasteiger partial charge >= 0.3 is 0 Å². The molecule has 1 atom stereocenters. The Morgan fingerprint density at radius 3 is 2.47 bits per heavy atom. The summed E-state index contributed by atoms with van der Waals surface area (Å²) < 4.78 is 0. The molecule has 0 saturated heterocycles. The Bertz CT molecular complexity index is 365. The SMILES string of the molecule is CCCC(C)N(C)Cc1ccc(CNC(C)(C)C)s1. The molecule has 19 heavy (non-hydrogen) atoms. The van der Waals surface area contributed by atoms with Crippen molar-refractivity contribution in [3.63, 3.8) is 0 Å². The van der Waals surface area contributed by atoms with E-state index in [4.69, 9.17) is 0 Å². The van der Waals surface area contributed by atoms with E-state index in [0.29, 0.717) is 6.04 Å². The molecule has 110 valence electrons. The summed E-state index contributed by atoms with van der Waals surface area (Å²) in [5.41, 5.74) is 0.191. The van der Waals surface area contributed by atoms with Crippen LogP contribution in [0.2, 0.25) is 0 Å². The highest BCUT2D eigenvalue weighted by molar-refractivity contribution is 7.11. The van der Waals surface area contributed by atoms with Gasteiger partial charge < -0.3 is 5.32 Å². The molecule has 2 nitrogen and oxygen atoms in total. The summed E-state index contributed by atoms with van der Waals surface area (Å²) in [6.45, 7) is 13.2. The van der Waals surface area contributed by atoms with Crippen LogP contribution in [-0.4, -0.2) is 23.5 Å². The average molecular weight is 282 g/mol. The van der Waals surface area contributed by atoms with Gasteiger partial charge in [-0.25, -0.2) is 0 Å². The van der Waals surface area contributed by atoms with E-state index in [2.05, 4.69) is 64.0 Å². The van der Waals surface area contributed by atoms with Crippen molar-refractivity contribution in [3.05, 3.63) is 21.9 Å². The van der Waals surface area contributed by atoms with Gasteiger partial charge in [-0.2, -0.15) is 0 Å². The van der Waals surface area contributed by atoms with Crippen molar-refractivity contribution in [1.82, 2.24) is 10.2 Å². The number of hydrogen-bond donors (Lipinski definition) is 1. The van der Waals surface area contributed by atoms with Gasteiger partial charge in [0.05, 0.1) is 0 Å². The van der Waals surface area contributed by atoms with E-state index in [9.17, 15) is 0 Å². The van der Waals surface area contributed by atoms with Gasteiger partial charge in [-0.3, -0.25) is 4.90 Å². The summed E-state index contributed by atoms with van der Waals surface area (Å²) in [5, 5.41) is 3.54. The Kier molecular flexibility index (Phi) is 6.51. The Hall–Kier alpha value is -0.380. The van der Waals surface area contributed by atoms with Crippen LogP contribution in [0.1, 0.15) is 57.2 Å². The maximum Gasteiger partial charge on any atom is 0.0327 e. The van der Waals surface area contributed by atoms with E-state index in [-0.39, 0.29) is 5.54 Å². The lowest BCUT2D eigenvalue weighted by Crippen LogP contribution is -2.34. The molecule has 1 N–H and O–H groups in total. The fourth-order valence-electron chi connectivity index (χ4n) is 1.99. The summed E-state index contributed by atoms with van der Waals surface area (Å²) in [6.07, 6.45) is 2.54. The van der Waals surface area contributed by atoms with Crippen molar-refractivity contribution < 1.29 is 0 Å². The van der Waals surface area contributed by atoms with Gasteiger partial charge in [0, 0.05) is 34.4 Å². The first-order valence-electron chi connectivity index (χ1n) is 7.34. The summed E-state index contributed by atoms with van der Waals surface area (Å²) >= 11 is 1.93. The van der Waals surface area contributed by atoms with E-state index in [1.54, 1.807) is 0 Å². The summed E-state index contributed by atoms with van der Waals surface area (Å²) in [7, 11) is 2.23. The predicted octanol–water partition coefficient (Wildman–Crippen LogP) is 4.26. The largest absolute Gasteiger partial charge is 0.307 e. The molecule has 0 fully saturated rings. The summed E-state index contributed by atoms with van der Waals surface area (Å²) in [4.78, 5) is 5.36. The molecule has 0 aromatic carbocycles. The average Bonchev–Trinajstić information content (AvgIpc) is 2.73. The third-order valence-electron chi connectivity index (χ3n) is 3.37. The zero-order valence-electron chi connectivity index (χ0n) is 13.4. The Labute approximate surface area is 123 Å². The van der Waals surface area contributed by atoms with Gasteiger partial charge in [-0.15, -0.1) is 11.3 Å². The molecular formula is C16H30N2S. The lowest BCUT2D eigenvalue weighted by atomic mass is 10.1. The van der Waals surface area contributed by atoms with Crippen LogP contribution in [0.25, 0.3) is 0 Å². The second-order valence-electron chi connectivity index (χ2n) is 6.52. The highest BCUT2D eigenvalue weighted by Crippen LogP contribution is 2.20. The molecular weight excluding hydrogens is 252 g/mol. The molecule has 3 heteroatoms. The zero-order chi connectivity index (χ0) is 14.5. The number of nitrogens with zero attached hydrogens (tertiary/aromatic N) is 1.